The highest BCUT2D eigenvalue weighted by atomic mass is 35.5. The Hall–Kier alpha value is -3.59. The first-order valence-electron chi connectivity index (χ1n) is 12.6. The van der Waals surface area contributed by atoms with Crippen molar-refractivity contribution >= 4 is 27.9 Å². The van der Waals surface area contributed by atoms with Crippen LogP contribution >= 0.6 is 11.6 Å². The molecule has 42 heavy (non-hydrogen) atoms. The van der Waals surface area contributed by atoms with Crippen LogP contribution in [0.4, 0.5) is 18.0 Å². The monoisotopic (exact) mass is 631 g/mol. The zero-order valence-electron chi connectivity index (χ0n) is 22.7. The number of methoxy groups -OCH3 is 1. The predicted octanol–water partition coefficient (Wildman–Crippen LogP) is 5.86. The molecule has 228 valence electrons. The minimum absolute atomic E-state index is 0.0157. The lowest BCUT2D eigenvalue weighted by Gasteiger charge is -2.23. The maximum absolute atomic E-state index is 13.3. The first kappa shape index (κ1) is 32.9. The van der Waals surface area contributed by atoms with Crippen LogP contribution in [0.3, 0.4) is 0 Å². The van der Waals surface area contributed by atoms with E-state index in [4.69, 9.17) is 30.5 Å². The van der Waals surface area contributed by atoms with Gasteiger partial charge in [-0.05, 0) is 36.6 Å². The standard InChI is InChI=1S/C27H29ClF3N3O7S/c1-3-14-34(42(36,37)33-13-12-19-8-5-4-6-9-19)26(35)41-24-22(39-16-15-38-2)10-7-11-23(24)40-25-21(28)17-20(18-32-25)27(29,30)31/h4-11,17-18,33H,3,12-16H2,1-2H3. The van der Waals surface area contributed by atoms with Crippen molar-refractivity contribution in [1.29, 1.82) is 0 Å². The summed E-state index contributed by atoms with van der Waals surface area (Å²) in [6.45, 7) is 1.65. The number of hydrogen-bond acceptors (Lipinski definition) is 8. The highest BCUT2D eigenvalue weighted by molar-refractivity contribution is 7.87. The minimum atomic E-state index is -4.69. The molecule has 1 heterocycles. The molecule has 0 radical (unpaired) electrons. The van der Waals surface area contributed by atoms with Gasteiger partial charge in [0.15, 0.2) is 11.5 Å². The highest BCUT2D eigenvalue weighted by Gasteiger charge is 2.33. The van der Waals surface area contributed by atoms with Crippen LogP contribution in [-0.4, -0.2) is 57.2 Å². The molecule has 3 aromatic rings. The van der Waals surface area contributed by atoms with Gasteiger partial charge in [-0.1, -0.05) is 54.9 Å². The number of carbonyl (C=O) groups excluding carboxylic acids is 1. The van der Waals surface area contributed by atoms with Gasteiger partial charge in [-0.25, -0.2) is 9.78 Å². The summed E-state index contributed by atoms with van der Waals surface area (Å²) in [6.07, 6.45) is -4.78. The van der Waals surface area contributed by atoms with Crippen LogP contribution in [0.5, 0.6) is 23.1 Å². The highest BCUT2D eigenvalue weighted by Crippen LogP contribution is 2.42. The second-order valence-corrected chi connectivity index (χ2v) is 10.7. The molecule has 3 rings (SSSR count). The number of nitrogens with zero attached hydrogens (tertiary/aromatic N) is 2. The van der Waals surface area contributed by atoms with Crippen LogP contribution in [-0.2, 0) is 27.5 Å². The van der Waals surface area contributed by atoms with E-state index in [-0.39, 0.29) is 50.0 Å². The Labute approximate surface area is 246 Å². The predicted molar refractivity (Wildman–Crippen MR) is 148 cm³/mol. The van der Waals surface area contributed by atoms with Gasteiger partial charge in [-0.15, -0.1) is 0 Å². The summed E-state index contributed by atoms with van der Waals surface area (Å²) in [5.41, 5.74) is -0.201. The maximum Gasteiger partial charge on any atom is 0.430 e. The summed E-state index contributed by atoms with van der Waals surface area (Å²) in [7, 11) is -2.89. The summed E-state index contributed by atoms with van der Waals surface area (Å²) in [5, 5.41) is -0.467. The average molecular weight is 632 g/mol. The SMILES string of the molecule is CCCN(C(=O)Oc1c(OCCOC)cccc1Oc1ncc(C(F)(F)F)cc1Cl)S(=O)(=O)NCCc1ccccc1. The number of amides is 1. The van der Waals surface area contributed by atoms with E-state index in [9.17, 15) is 26.4 Å². The molecule has 0 spiro atoms. The number of alkyl halides is 3. The summed E-state index contributed by atoms with van der Waals surface area (Å²) >= 11 is 5.99. The number of pyridine rings is 1. The van der Waals surface area contributed by atoms with Gasteiger partial charge < -0.3 is 18.9 Å². The number of para-hydroxylation sites is 1. The normalized spacial score (nSPS) is 11.7. The molecule has 2 aromatic carbocycles. The third-order valence-electron chi connectivity index (χ3n) is 5.48. The molecule has 1 amide bonds. The van der Waals surface area contributed by atoms with E-state index in [1.807, 2.05) is 30.3 Å². The number of aromatic nitrogens is 1. The Balaban J connectivity index is 1.88. The lowest BCUT2D eigenvalue weighted by molar-refractivity contribution is -0.137. The van der Waals surface area contributed by atoms with Crippen LogP contribution in [0, 0.1) is 0 Å². The Morgan fingerprint density at radius 3 is 2.43 bits per heavy atom. The van der Waals surface area contributed by atoms with Crippen molar-refractivity contribution in [3.05, 3.63) is 76.9 Å². The van der Waals surface area contributed by atoms with E-state index in [1.54, 1.807) is 6.92 Å². The largest absolute Gasteiger partial charge is 0.487 e. The molecule has 0 aliphatic rings. The number of halogens is 4. The third-order valence-corrected chi connectivity index (χ3v) is 7.23. The summed E-state index contributed by atoms with van der Waals surface area (Å²) < 4.78 is 89.9. The van der Waals surface area contributed by atoms with E-state index < -0.39 is 38.9 Å². The van der Waals surface area contributed by atoms with Crippen molar-refractivity contribution in [3.8, 4) is 23.1 Å². The summed E-state index contributed by atoms with van der Waals surface area (Å²) in [5.74, 6) is -1.03. The molecule has 1 N–H and O–H groups in total. The van der Waals surface area contributed by atoms with E-state index in [0.29, 0.717) is 23.0 Å². The third kappa shape index (κ3) is 9.21. The number of rotatable bonds is 14. The molecule has 0 bridgehead atoms. The fourth-order valence-electron chi connectivity index (χ4n) is 3.48. The van der Waals surface area contributed by atoms with Gasteiger partial charge in [0, 0.05) is 26.4 Å². The van der Waals surface area contributed by atoms with E-state index in [2.05, 4.69) is 9.71 Å². The second-order valence-electron chi connectivity index (χ2n) is 8.61. The Morgan fingerprint density at radius 1 is 1.07 bits per heavy atom. The molecule has 10 nitrogen and oxygen atoms in total. The average Bonchev–Trinajstić information content (AvgIpc) is 2.94. The van der Waals surface area contributed by atoms with Crippen molar-refractivity contribution in [3.63, 3.8) is 0 Å². The van der Waals surface area contributed by atoms with Crippen LogP contribution in [0.15, 0.2) is 60.8 Å². The van der Waals surface area contributed by atoms with Gasteiger partial charge in [0.1, 0.15) is 11.6 Å². The number of ether oxygens (including phenoxy) is 4. The van der Waals surface area contributed by atoms with Gasteiger partial charge in [-0.2, -0.15) is 30.6 Å². The number of carbonyl (C=O) groups is 1. The number of nitrogens with one attached hydrogen (secondary N) is 1. The molecule has 15 heteroatoms. The van der Waals surface area contributed by atoms with Crippen LogP contribution < -0.4 is 18.9 Å². The van der Waals surface area contributed by atoms with Gasteiger partial charge in [-0.3, -0.25) is 0 Å². The van der Waals surface area contributed by atoms with Crippen LogP contribution in [0.25, 0.3) is 0 Å². The van der Waals surface area contributed by atoms with Crippen molar-refractivity contribution in [2.45, 2.75) is 25.9 Å². The molecular formula is C27H29ClF3N3O7S. The molecule has 0 aliphatic carbocycles. The van der Waals surface area contributed by atoms with Gasteiger partial charge >= 0.3 is 22.5 Å². The fraction of sp³-hybridized carbons (Fsp3) is 0.333. The zero-order valence-corrected chi connectivity index (χ0v) is 24.3. The molecule has 0 atom stereocenters. The molecule has 0 aliphatic heterocycles. The molecule has 0 saturated heterocycles. The Kier molecular flexibility index (Phi) is 11.8. The first-order valence-corrected chi connectivity index (χ1v) is 14.5. The Morgan fingerprint density at radius 2 is 1.79 bits per heavy atom. The molecule has 0 saturated carbocycles. The van der Waals surface area contributed by atoms with Crippen molar-refractivity contribution in [1.82, 2.24) is 14.0 Å². The number of benzene rings is 2. The van der Waals surface area contributed by atoms with Crippen molar-refractivity contribution in [2.24, 2.45) is 0 Å². The molecule has 0 fully saturated rings. The van der Waals surface area contributed by atoms with Crippen LogP contribution in [0.2, 0.25) is 5.02 Å². The molecule has 1 aromatic heterocycles. The zero-order chi connectivity index (χ0) is 30.8. The molecular weight excluding hydrogens is 603 g/mol. The van der Waals surface area contributed by atoms with Gasteiger partial charge in [0.05, 0.1) is 12.2 Å². The Bertz CT molecular complexity index is 1440. The van der Waals surface area contributed by atoms with Crippen LogP contribution in [0.1, 0.15) is 24.5 Å². The lowest BCUT2D eigenvalue weighted by atomic mass is 10.2. The second kappa shape index (κ2) is 15.0. The molecule has 0 unspecified atom stereocenters. The lowest BCUT2D eigenvalue weighted by Crippen LogP contribution is -2.46. The maximum atomic E-state index is 13.3. The van der Waals surface area contributed by atoms with E-state index >= 15 is 0 Å². The van der Waals surface area contributed by atoms with Gasteiger partial charge in [0.25, 0.3) is 0 Å². The fourth-order valence-corrected chi connectivity index (χ4v) is 4.86. The van der Waals surface area contributed by atoms with Crippen molar-refractivity contribution in [2.75, 3.05) is 33.4 Å². The topological polar surface area (TPSA) is 116 Å². The summed E-state index contributed by atoms with van der Waals surface area (Å²) in [6, 6.07) is 14.0. The summed E-state index contributed by atoms with van der Waals surface area (Å²) in [4.78, 5) is 16.9. The number of hydrogen-bond donors (Lipinski definition) is 1. The van der Waals surface area contributed by atoms with Gasteiger partial charge in [0.2, 0.25) is 11.6 Å². The quantitative estimate of drug-likeness (QED) is 0.220. The first-order chi connectivity index (χ1) is 20.0. The van der Waals surface area contributed by atoms with E-state index in [0.717, 1.165) is 5.56 Å². The van der Waals surface area contributed by atoms with Crippen molar-refractivity contribution < 1.29 is 45.3 Å². The smallest absolute Gasteiger partial charge is 0.430 e. The minimum Gasteiger partial charge on any atom is -0.487 e. The van der Waals surface area contributed by atoms with E-state index in [1.165, 1.54) is 25.3 Å².